The van der Waals surface area contributed by atoms with E-state index in [1.54, 1.807) is 12.1 Å². The van der Waals surface area contributed by atoms with Crippen LogP contribution in [0, 0.1) is 0 Å². The first-order valence-electron chi connectivity index (χ1n) is 11.4. The van der Waals surface area contributed by atoms with E-state index in [0.29, 0.717) is 24.7 Å². The molecule has 1 N–H and O–H groups in total. The molecule has 2 aromatic rings. The second-order valence-corrected chi connectivity index (χ2v) is 11.6. The second kappa shape index (κ2) is 9.14. The van der Waals surface area contributed by atoms with Gasteiger partial charge in [0.25, 0.3) is 0 Å². The van der Waals surface area contributed by atoms with Gasteiger partial charge in [0.05, 0.1) is 18.1 Å². The van der Waals surface area contributed by atoms with Gasteiger partial charge in [-0.1, -0.05) is 45.0 Å². The van der Waals surface area contributed by atoms with Crippen molar-refractivity contribution in [1.82, 2.24) is 9.62 Å². The highest BCUT2D eigenvalue weighted by atomic mass is 32.2. The van der Waals surface area contributed by atoms with Crippen molar-refractivity contribution in [3.05, 3.63) is 59.2 Å². The van der Waals surface area contributed by atoms with Gasteiger partial charge in [0.1, 0.15) is 0 Å². The number of hydrogen-bond donors (Lipinski definition) is 1. The number of hydrogen-bond acceptors (Lipinski definition) is 5. The molecule has 0 saturated carbocycles. The van der Waals surface area contributed by atoms with E-state index >= 15 is 0 Å². The molecule has 2 aliphatic rings. The van der Waals surface area contributed by atoms with Gasteiger partial charge in [0, 0.05) is 45.0 Å². The summed E-state index contributed by atoms with van der Waals surface area (Å²) >= 11 is 0. The predicted molar refractivity (Wildman–Crippen MR) is 129 cm³/mol. The van der Waals surface area contributed by atoms with E-state index in [0.717, 1.165) is 37.2 Å². The van der Waals surface area contributed by atoms with Crippen LogP contribution in [0.4, 0.5) is 5.69 Å². The Morgan fingerprint density at radius 3 is 2.38 bits per heavy atom. The van der Waals surface area contributed by atoms with Crippen LogP contribution in [-0.2, 0) is 26.6 Å². The lowest BCUT2D eigenvalue weighted by Gasteiger charge is -2.35. The number of likely N-dealkylation sites (N-methyl/N-ethyl adjacent to an activating group) is 1. The maximum Gasteiger partial charge on any atom is 0.240 e. The lowest BCUT2D eigenvalue weighted by molar-refractivity contribution is 0.0172. The van der Waals surface area contributed by atoms with Gasteiger partial charge < -0.3 is 9.64 Å². The third kappa shape index (κ3) is 5.01. The van der Waals surface area contributed by atoms with Crippen molar-refractivity contribution in [1.29, 1.82) is 0 Å². The summed E-state index contributed by atoms with van der Waals surface area (Å²) in [4.78, 5) is 4.91. The summed E-state index contributed by atoms with van der Waals surface area (Å²) in [5.41, 5.74) is 4.87. The molecule has 7 heteroatoms. The van der Waals surface area contributed by atoms with Crippen LogP contribution in [0.25, 0.3) is 0 Å². The molecule has 32 heavy (non-hydrogen) atoms. The van der Waals surface area contributed by atoms with E-state index in [9.17, 15) is 8.42 Å². The van der Waals surface area contributed by atoms with Crippen LogP contribution < -0.4 is 9.62 Å². The fraction of sp³-hybridized carbons (Fsp3) is 0.520. The summed E-state index contributed by atoms with van der Waals surface area (Å²) in [5, 5.41) is 0. The molecule has 0 radical (unpaired) electrons. The van der Waals surface area contributed by atoms with Gasteiger partial charge in [-0.25, -0.2) is 13.1 Å². The van der Waals surface area contributed by atoms with Crippen molar-refractivity contribution in [2.24, 2.45) is 0 Å². The highest BCUT2D eigenvalue weighted by Crippen LogP contribution is 2.31. The summed E-state index contributed by atoms with van der Waals surface area (Å²) in [5.74, 6) is 0. The Kier molecular flexibility index (Phi) is 6.63. The van der Waals surface area contributed by atoms with Crippen LogP contribution in [-0.4, -0.2) is 59.8 Å². The maximum absolute atomic E-state index is 13.1. The van der Waals surface area contributed by atoms with E-state index in [2.05, 4.69) is 60.5 Å². The largest absolute Gasteiger partial charge is 0.379 e. The average molecular weight is 458 g/mol. The molecule has 6 nitrogen and oxygen atoms in total. The molecule has 0 amide bonds. The number of benzene rings is 2. The molecule has 2 aliphatic heterocycles. The smallest absolute Gasteiger partial charge is 0.240 e. The SMILES string of the molecule is CN1CCc2cc([C@H](CNS(=O)(=O)c3ccc(C(C)(C)C)cc3)N3CCOCC3)ccc21. The molecular weight excluding hydrogens is 422 g/mol. The summed E-state index contributed by atoms with van der Waals surface area (Å²) in [6.45, 7) is 10.7. The van der Waals surface area contributed by atoms with Gasteiger partial charge in [0.15, 0.2) is 0 Å². The van der Waals surface area contributed by atoms with Crippen LogP contribution >= 0.6 is 0 Å². The number of morpholine rings is 1. The molecule has 2 aromatic carbocycles. The molecule has 0 aromatic heterocycles. The van der Waals surface area contributed by atoms with Crippen LogP contribution in [0.1, 0.15) is 43.5 Å². The normalized spacial score (nSPS) is 18.6. The molecule has 0 aliphatic carbocycles. The van der Waals surface area contributed by atoms with E-state index in [1.807, 2.05) is 12.1 Å². The van der Waals surface area contributed by atoms with Gasteiger partial charge in [-0.05, 0) is 46.7 Å². The zero-order chi connectivity index (χ0) is 22.9. The number of sulfonamides is 1. The van der Waals surface area contributed by atoms with Crippen LogP contribution in [0.3, 0.4) is 0 Å². The lowest BCUT2D eigenvalue weighted by atomic mass is 9.87. The van der Waals surface area contributed by atoms with Crippen molar-refractivity contribution >= 4 is 15.7 Å². The zero-order valence-corrected chi connectivity index (χ0v) is 20.4. The molecule has 2 heterocycles. The standard InChI is InChI=1S/C25H35N3O3S/c1-25(2,3)21-6-8-22(9-7-21)32(29,30)26-18-24(28-13-15-31-16-14-28)19-5-10-23-20(17-19)11-12-27(23)4/h5-10,17,24,26H,11-16,18H2,1-4H3/t24-/m0/s1. The Balaban J connectivity index is 1.55. The van der Waals surface area contributed by atoms with E-state index in [1.165, 1.54) is 11.3 Å². The van der Waals surface area contributed by atoms with E-state index < -0.39 is 10.0 Å². The second-order valence-electron chi connectivity index (χ2n) is 9.85. The fourth-order valence-corrected chi connectivity index (χ4v) is 5.59. The topological polar surface area (TPSA) is 61.9 Å². The summed E-state index contributed by atoms with van der Waals surface area (Å²) < 4.78 is 34.6. The van der Waals surface area contributed by atoms with Crippen molar-refractivity contribution in [2.75, 3.05) is 51.3 Å². The predicted octanol–water partition coefficient (Wildman–Crippen LogP) is 3.33. The van der Waals surface area contributed by atoms with Crippen molar-refractivity contribution in [3.63, 3.8) is 0 Å². The quantitative estimate of drug-likeness (QED) is 0.721. The van der Waals surface area contributed by atoms with Gasteiger partial charge in [-0.2, -0.15) is 0 Å². The fourth-order valence-electron chi connectivity index (χ4n) is 4.55. The average Bonchev–Trinajstić information content (AvgIpc) is 3.14. The molecule has 1 fully saturated rings. The Morgan fingerprint density at radius 1 is 1.03 bits per heavy atom. The lowest BCUT2D eigenvalue weighted by Crippen LogP contribution is -2.43. The van der Waals surface area contributed by atoms with Crippen LogP contribution in [0.2, 0.25) is 0 Å². The number of fused-ring (bicyclic) bond motifs is 1. The number of nitrogens with zero attached hydrogens (tertiary/aromatic N) is 2. The van der Waals surface area contributed by atoms with Crippen molar-refractivity contribution in [3.8, 4) is 0 Å². The molecule has 0 bridgehead atoms. The van der Waals surface area contributed by atoms with Gasteiger partial charge in [-0.3, -0.25) is 4.90 Å². The minimum atomic E-state index is -3.60. The first-order chi connectivity index (χ1) is 15.1. The Labute approximate surface area is 192 Å². The maximum atomic E-state index is 13.1. The molecular formula is C25H35N3O3S. The van der Waals surface area contributed by atoms with E-state index in [4.69, 9.17) is 4.74 Å². The number of anilines is 1. The first kappa shape index (κ1) is 23.2. The summed E-state index contributed by atoms with van der Waals surface area (Å²) in [6.07, 6.45) is 1.03. The highest BCUT2D eigenvalue weighted by Gasteiger charge is 2.27. The summed E-state index contributed by atoms with van der Waals surface area (Å²) in [6, 6.07) is 13.8. The minimum absolute atomic E-state index is 0.0151. The van der Waals surface area contributed by atoms with Gasteiger partial charge in [0.2, 0.25) is 10.0 Å². The zero-order valence-electron chi connectivity index (χ0n) is 19.6. The Bertz CT molecular complexity index is 1040. The minimum Gasteiger partial charge on any atom is -0.379 e. The highest BCUT2D eigenvalue weighted by molar-refractivity contribution is 7.89. The number of ether oxygens (including phenoxy) is 1. The van der Waals surface area contributed by atoms with Crippen molar-refractivity contribution in [2.45, 2.75) is 43.5 Å². The van der Waals surface area contributed by atoms with Crippen LogP contribution in [0.5, 0.6) is 0 Å². The monoisotopic (exact) mass is 457 g/mol. The van der Waals surface area contributed by atoms with Gasteiger partial charge in [-0.15, -0.1) is 0 Å². The molecule has 1 atom stereocenters. The van der Waals surface area contributed by atoms with Gasteiger partial charge >= 0.3 is 0 Å². The third-order valence-electron chi connectivity index (χ3n) is 6.60. The molecule has 1 saturated heterocycles. The molecule has 0 unspecified atom stereocenters. The van der Waals surface area contributed by atoms with E-state index in [-0.39, 0.29) is 11.5 Å². The van der Waals surface area contributed by atoms with Crippen LogP contribution in [0.15, 0.2) is 47.4 Å². The molecule has 0 spiro atoms. The number of nitrogens with one attached hydrogen (secondary N) is 1. The molecule has 4 rings (SSSR count). The third-order valence-corrected chi connectivity index (χ3v) is 8.04. The first-order valence-corrected chi connectivity index (χ1v) is 12.9. The summed E-state index contributed by atoms with van der Waals surface area (Å²) in [7, 11) is -1.49. The Morgan fingerprint density at radius 2 is 1.72 bits per heavy atom. The van der Waals surface area contributed by atoms with Crippen molar-refractivity contribution < 1.29 is 13.2 Å². The number of rotatable bonds is 6. The Hall–Kier alpha value is -1.93. The molecule has 174 valence electrons.